The number of nitrogens with zero attached hydrogens (tertiary/aromatic N) is 1. The number of halogens is 1. The van der Waals surface area contributed by atoms with Crippen LogP contribution in [0.15, 0.2) is 53.0 Å². The molecule has 5 heteroatoms. The standard InChI is InChI=1S/C16H13BrN2O2/c17-13-8-11(18)6-7-14(13)19-15(20)9-12(16(19)21)10-4-2-1-3-5-10/h1-8,12H,9,18H2. The summed E-state index contributed by atoms with van der Waals surface area (Å²) in [7, 11) is 0. The Bertz CT molecular complexity index is 715. The molecule has 21 heavy (non-hydrogen) atoms. The highest BCUT2D eigenvalue weighted by molar-refractivity contribution is 9.10. The summed E-state index contributed by atoms with van der Waals surface area (Å²) in [5.74, 6) is -0.806. The molecule has 0 spiro atoms. The molecule has 106 valence electrons. The number of hydrogen-bond acceptors (Lipinski definition) is 3. The Morgan fingerprint density at radius 1 is 1.10 bits per heavy atom. The smallest absolute Gasteiger partial charge is 0.241 e. The summed E-state index contributed by atoms with van der Waals surface area (Å²) in [5.41, 5.74) is 7.67. The average Bonchev–Trinajstić information content (AvgIpc) is 2.76. The molecule has 3 rings (SSSR count). The van der Waals surface area contributed by atoms with Crippen molar-refractivity contribution in [1.29, 1.82) is 0 Å². The Balaban J connectivity index is 1.98. The number of anilines is 2. The van der Waals surface area contributed by atoms with Gasteiger partial charge >= 0.3 is 0 Å². The largest absolute Gasteiger partial charge is 0.399 e. The van der Waals surface area contributed by atoms with Crippen molar-refractivity contribution >= 4 is 39.1 Å². The molecule has 1 aliphatic heterocycles. The molecule has 1 fully saturated rings. The quantitative estimate of drug-likeness (QED) is 0.672. The van der Waals surface area contributed by atoms with Gasteiger partial charge in [0.25, 0.3) is 0 Å². The van der Waals surface area contributed by atoms with E-state index in [1.165, 1.54) is 4.90 Å². The Hall–Kier alpha value is -2.14. The van der Waals surface area contributed by atoms with Crippen molar-refractivity contribution < 1.29 is 9.59 Å². The predicted molar refractivity (Wildman–Crippen MR) is 84.8 cm³/mol. The van der Waals surface area contributed by atoms with Crippen LogP contribution in [0, 0.1) is 0 Å². The van der Waals surface area contributed by atoms with E-state index in [-0.39, 0.29) is 18.2 Å². The maximum absolute atomic E-state index is 12.6. The third-order valence-corrected chi connectivity index (χ3v) is 4.20. The number of nitrogens with two attached hydrogens (primary N) is 1. The van der Waals surface area contributed by atoms with Gasteiger partial charge in [0, 0.05) is 16.6 Å². The van der Waals surface area contributed by atoms with Gasteiger partial charge in [-0.05, 0) is 39.7 Å². The van der Waals surface area contributed by atoms with E-state index in [1.54, 1.807) is 18.2 Å². The molecule has 2 aromatic rings. The lowest BCUT2D eigenvalue weighted by Crippen LogP contribution is -2.30. The lowest BCUT2D eigenvalue weighted by molar-refractivity contribution is -0.121. The van der Waals surface area contributed by atoms with E-state index in [2.05, 4.69) is 15.9 Å². The first-order chi connectivity index (χ1) is 10.1. The van der Waals surface area contributed by atoms with Crippen LogP contribution in [0.25, 0.3) is 0 Å². The van der Waals surface area contributed by atoms with E-state index < -0.39 is 5.92 Å². The SMILES string of the molecule is Nc1ccc(N2C(=O)CC(c3ccccc3)C2=O)c(Br)c1. The predicted octanol–water partition coefficient (Wildman–Crippen LogP) is 3.08. The van der Waals surface area contributed by atoms with E-state index in [0.717, 1.165) is 5.56 Å². The van der Waals surface area contributed by atoms with E-state index in [4.69, 9.17) is 5.73 Å². The molecule has 1 aliphatic rings. The van der Waals surface area contributed by atoms with Crippen molar-refractivity contribution in [2.45, 2.75) is 12.3 Å². The minimum atomic E-state index is -0.414. The summed E-state index contributed by atoms with van der Waals surface area (Å²) in [5, 5.41) is 0. The van der Waals surface area contributed by atoms with Gasteiger partial charge < -0.3 is 5.73 Å². The minimum absolute atomic E-state index is 0.194. The zero-order valence-corrected chi connectivity index (χ0v) is 12.7. The molecule has 1 heterocycles. The maximum Gasteiger partial charge on any atom is 0.241 e. The van der Waals surface area contributed by atoms with Crippen LogP contribution in [0.5, 0.6) is 0 Å². The van der Waals surface area contributed by atoms with Gasteiger partial charge in [-0.1, -0.05) is 30.3 Å². The second-order valence-electron chi connectivity index (χ2n) is 4.95. The Kier molecular flexibility index (Phi) is 3.51. The highest BCUT2D eigenvalue weighted by Crippen LogP contribution is 2.37. The van der Waals surface area contributed by atoms with Crippen molar-refractivity contribution in [3.8, 4) is 0 Å². The van der Waals surface area contributed by atoms with Gasteiger partial charge in [-0.2, -0.15) is 0 Å². The fraction of sp³-hybridized carbons (Fsp3) is 0.125. The molecule has 0 radical (unpaired) electrons. The second kappa shape index (κ2) is 5.33. The van der Waals surface area contributed by atoms with E-state index >= 15 is 0 Å². The maximum atomic E-state index is 12.6. The molecule has 2 amide bonds. The van der Waals surface area contributed by atoms with Crippen LogP contribution >= 0.6 is 15.9 Å². The molecule has 4 nitrogen and oxygen atoms in total. The van der Waals surface area contributed by atoms with Crippen molar-refractivity contribution in [3.63, 3.8) is 0 Å². The molecular weight excluding hydrogens is 332 g/mol. The Morgan fingerprint density at radius 2 is 1.81 bits per heavy atom. The number of hydrogen-bond donors (Lipinski definition) is 1. The van der Waals surface area contributed by atoms with Gasteiger partial charge in [-0.3, -0.25) is 9.59 Å². The summed E-state index contributed by atoms with van der Waals surface area (Å²) in [6, 6.07) is 14.4. The molecule has 0 saturated carbocycles. The third-order valence-electron chi connectivity index (χ3n) is 3.56. The summed E-state index contributed by atoms with van der Waals surface area (Å²) in [6.07, 6.45) is 0.194. The number of rotatable bonds is 2. The molecule has 1 atom stereocenters. The number of carbonyl (C=O) groups is 2. The number of nitrogen functional groups attached to an aromatic ring is 1. The van der Waals surface area contributed by atoms with Crippen LogP contribution in [0.3, 0.4) is 0 Å². The lowest BCUT2D eigenvalue weighted by Gasteiger charge is -2.17. The third kappa shape index (κ3) is 2.45. The highest BCUT2D eigenvalue weighted by Gasteiger charge is 2.40. The summed E-state index contributed by atoms with van der Waals surface area (Å²) < 4.78 is 0.637. The zero-order chi connectivity index (χ0) is 15.0. The van der Waals surface area contributed by atoms with Crippen LogP contribution in [0.4, 0.5) is 11.4 Å². The van der Waals surface area contributed by atoms with E-state index in [9.17, 15) is 9.59 Å². The van der Waals surface area contributed by atoms with Crippen LogP contribution in [0.2, 0.25) is 0 Å². The van der Waals surface area contributed by atoms with Gasteiger partial charge in [-0.15, -0.1) is 0 Å². The van der Waals surface area contributed by atoms with Crippen LogP contribution in [-0.4, -0.2) is 11.8 Å². The Morgan fingerprint density at radius 3 is 2.48 bits per heavy atom. The van der Waals surface area contributed by atoms with Crippen LogP contribution < -0.4 is 10.6 Å². The van der Waals surface area contributed by atoms with Gasteiger partial charge in [0.05, 0.1) is 11.6 Å². The molecule has 1 saturated heterocycles. The van der Waals surface area contributed by atoms with Crippen molar-refractivity contribution in [2.24, 2.45) is 0 Å². The van der Waals surface area contributed by atoms with Crippen LogP contribution in [0.1, 0.15) is 17.9 Å². The highest BCUT2D eigenvalue weighted by atomic mass is 79.9. The first-order valence-electron chi connectivity index (χ1n) is 6.54. The monoisotopic (exact) mass is 344 g/mol. The zero-order valence-electron chi connectivity index (χ0n) is 11.1. The topological polar surface area (TPSA) is 63.4 Å². The molecule has 0 aliphatic carbocycles. The van der Waals surface area contributed by atoms with E-state index in [0.29, 0.717) is 15.8 Å². The lowest BCUT2D eigenvalue weighted by atomic mass is 9.98. The number of benzene rings is 2. The van der Waals surface area contributed by atoms with Crippen molar-refractivity contribution in [2.75, 3.05) is 10.6 Å². The van der Waals surface area contributed by atoms with Crippen LogP contribution in [-0.2, 0) is 9.59 Å². The molecular formula is C16H13BrN2O2. The first-order valence-corrected chi connectivity index (χ1v) is 7.34. The first kappa shape index (κ1) is 13.8. The minimum Gasteiger partial charge on any atom is -0.399 e. The number of carbonyl (C=O) groups excluding carboxylic acids is 2. The number of imide groups is 1. The molecule has 2 aromatic carbocycles. The summed E-state index contributed by atoms with van der Waals surface area (Å²) in [6.45, 7) is 0. The summed E-state index contributed by atoms with van der Waals surface area (Å²) in [4.78, 5) is 26.1. The van der Waals surface area contributed by atoms with Gasteiger partial charge in [0.1, 0.15) is 0 Å². The Labute approximate surface area is 130 Å². The summed E-state index contributed by atoms with van der Waals surface area (Å²) >= 11 is 3.36. The van der Waals surface area contributed by atoms with E-state index in [1.807, 2.05) is 30.3 Å². The number of amides is 2. The second-order valence-corrected chi connectivity index (χ2v) is 5.80. The van der Waals surface area contributed by atoms with Gasteiger partial charge in [-0.25, -0.2) is 4.90 Å². The molecule has 0 bridgehead atoms. The van der Waals surface area contributed by atoms with Crippen molar-refractivity contribution in [3.05, 3.63) is 58.6 Å². The average molecular weight is 345 g/mol. The normalized spacial score (nSPS) is 18.3. The fourth-order valence-electron chi connectivity index (χ4n) is 2.54. The van der Waals surface area contributed by atoms with Gasteiger partial charge in [0.2, 0.25) is 11.8 Å². The fourth-order valence-corrected chi connectivity index (χ4v) is 3.11. The molecule has 2 N–H and O–H groups in total. The van der Waals surface area contributed by atoms with Gasteiger partial charge in [0.15, 0.2) is 0 Å². The molecule has 1 unspecified atom stereocenters. The molecule has 0 aromatic heterocycles. The van der Waals surface area contributed by atoms with Crippen molar-refractivity contribution in [1.82, 2.24) is 0 Å².